The summed E-state index contributed by atoms with van der Waals surface area (Å²) in [6.07, 6.45) is 40.6. The SMILES string of the molecule is CC/C=C\C/C=C\C/C=C\C(CCCCCCCCC(=O)NCC(=O)NC(CO)C(=O)O)OC(=O)CCCCCCCCCCCCCCCC. The van der Waals surface area contributed by atoms with Gasteiger partial charge in [-0.25, -0.2) is 4.79 Å². The Morgan fingerprint density at radius 1 is 0.608 bits per heavy atom. The van der Waals surface area contributed by atoms with Crippen molar-refractivity contribution in [1.29, 1.82) is 0 Å². The molecule has 0 aliphatic rings. The Balaban J connectivity index is 4.25. The lowest BCUT2D eigenvalue weighted by atomic mass is 10.0. The Labute approximate surface area is 310 Å². The normalized spacial score (nSPS) is 12.8. The highest BCUT2D eigenvalue weighted by atomic mass is 16.5. The molecule has 51 heavy (non-hydrogen) atoms. The van der Waals surface area contributed by atoms with Gasteiger partial charge in [0.1, 0.15) is 12.1 Å². The van der Waals surface area contributed by atoms with E-state index in [2.05, 4.69) is 54.9 Å². The number of allylic oxidation sites excluding steroid dienone is 5. The maximum Gasteiger partial charge on any atom is 0.328 e. The summed E-state index contributed by atoms with van der Waals surface area (Å²) < 4.78 is 5.90. The fourth-order valence-electron chi connectivity index (χ4n) is 5.77. The fourth-order valence-corrected chi connectivity index (χ4v) is 5.77. The molecule has 9 nitrogen and oxygen atoms in total. The molecule has 4 N–H and O–H groups in total. The second-order valence-electron chi connectivity index (χ2n) is 13.7. The molecule has 0 saturated carbocycles. The molecule has 0 radical (unpaired) electrons. The van der Waals surface area contributed by atoms with Gasteiger partial charge in [0.15, 0.2) is 0 Å². The number of carbonyl (C=O) groups is 4. The summed E-state index contributed by atoms with van der Waals surface area (Å²) >= 11 is 0. The lowest BCUT2D eigenvalue weighted by Crippen LogP contribution is -2.47. The van der Waals surface area contributed by atoms with Crippen LogP contribution in [0.5, 0.6) is 0 Å². The highest BCUT2D eigenvalue weighted by molar-refractivity contribution is 5.87. The van der Waals surface area contributed by atoms with Crippen molar-refractivity contribution < 1.29 is 34.1 Å². The minimum absolute atomic E-state index is 0.102. The molecule has 0 saturated heterocycles. The molecule has 294 valence electrons. The Kier molecular flexibility index (Phi) is 34.7. The van der Waals surface area contributed by atoms with Crippen LogP contribution in [-0.2, 0) is 23.9 Å². The van der Waals surface area contributed by atoms with E-state index < -0.39 is 24.5 Å². The first kappa shape index (κ1) is 48.1. The van der Waals surface area contributed by atoms with Crippen molar-refractivity contribution in [3.8, 4) is 0 Å². The molecular formula is C42H74N2O7. The number of aliphatic carboxylic acids is 1. The van der Waals surface area contributed by atoms with Crippen LogP contribution < -0.4 is 10.6 Å². The number of esters is 1. The zero-order chi connectivity index (χ0) is 37.6. The molecule has 0 aliphatic heterocycles. The summed E-state index contributed by atoms with van der Waals surface area (Å²) in [6, 6.07) is -1.38. The Morgan fingerprint density at radius 2 is 1.10 bits per heavy atom. The Hall–Kier alpha value is -2.94. The van der Waals surface area contributed by atoms with Crippen molar-refractivity contribution in [2.24, 2.45) is 0 Å². The number of carboxylic acid groups (broad SMARTS) is 1. The smallest absolute Gasteiger partial charge is 0.328 e. The van der Waals surface area contributed by atoms with Crippen molar-refractivity contribution in [2.75, 3.05) is 13.2 Å². The predicted molar refractivity (Wildman–Crippen MR) is 208 cm³/mol. The minimum atomic E-state index is -1.38. The minimum Gasteiger partial charge on any atom is -0.480 e. The Bertz CT molecular complexity index is 963. The Morgan fingerprint density at radius 3 is 1.63 bits per heavy atom. The molecule has 0 aliphatic carbocycles. The van der Waals surface area contributed by atoms with Crippen molar-refractivity contribution in [1.82, 2.24) is 10.6 Å². The highest BCUT2D eigenvalue weighted by Crippen LogP contribution is 2.16. The van der Waals surface area contributed by atoms with Crippen molar-refractivity contribution >= 4 is 23.8 Å². The third-order valence-electron chi connectivity index (χ3n) is 8.89. The molecular weight excluding hydrogens is 644 g/mol. The topological polar surface area (TPSA) is 142 Å². The van der Waals surface area contributed by atoms with E-state index >= 15 is 0 Å². The number of aliphatic hydroxyl groups excluding tert-OH is 1. The van der Waals surface area contributed by atoms with E-state index in [0.29, 0.717) is 19.3 Å². The van der Waals surface area contributed by atoms with Crippen LogP contribution in [0, 0.1) is 0 Å². The van der Waals surface area contributed by atoms with E-state index in [1.54, 1.807) is 0 Å². The van der Waals surface area contributed by atoms with Crippen LogP contribution in [0.3, 0.4) is 0 Å². The van der Waals surface area contributed by atoms with Crippen molar-refractivity contribution in [2.45, 2.75) is 193 Å². The van der Waals surface area contributed by atoms with Gasteiger partial charge in [0, 0.05) is 12.8 Å². The third-order valence-corrected chi connectivity index (χ3v) is 8.89. The van der Waals surface area contributed by atoms with Crippen LogP contribution in [0.2, 0.25) is 0 Å². The average molecular weight is 719 g/mol. The monoisotopic (exact) mass is 719 g/mol. The van der Waals surface area contributed by atoms with E-state index in [9.17, 15) is 19.2 Å². The lowest BCUT2D eigenvalue weighted by molar-refractivity contribution is -0.147. The van der Waals surface area contributed by atoms with Gasteiger partial charge in [-0.1, -0.05) is 153 Å². The number of carboxylic acids is 1. The van der Waals surface area contributed by atoms with E-state index in [1.807, 2.05) is 6.08 Å². The van der Waals surface area contributed by atoms with Crippen molar-refractivity contribution in [3.63, 3.8) is 0 Å². The van der Waals surface area contributed by atoms with Gasteiger partial charge in [-0.2, -0.15) is 0 Å². The molecule has 0 bridgehead atoms. The summed E-state index contributed by atoms with van der Waals surface area (Å²) in [7, 11) is 0. The van der Waals surface area contributed by atoms with Crippen LogP contribution >= 0.6 is 0 Å². The van der Waals surface area contributed by atoms with E-state index in [0.717, 1.165) is 70.6 Å². The van der Waals surface area contributed by atoms with Gasteiger partial charge >= 0.3 is 11.9 Å². The molecule has 2 amide bonds. The van der Waals surface area contributed by atoms with Gasteiger partial charge in [0.25, 0.3) is 0 Å². The molecule has 0 aromatic heterocycles. The largest absolute Gasteiger partial charge is 0.480 e. The van der Waals surface area contributed by atoms with Gasteiger partial charge in [-0.05, 0) is 51.0 Å². The zero-order valence-corrected chi connectivity index (χ0v) is 32.4. The standard InChI is InChI=1S/C42H74N2O7/c1-3-5-7-9-11-13-14-15-16-17-18-20-26-30-34-41(48)51-37(31-27-23-19-12-10-8-6-4-2)32-28-24-21-22-25-29-33-39(46)43-35-40(47)44-38(36-45)42(49)50/h6,8,12,19,27,31,37-38,45H,3-5,7,9-11,13-18,20-26,28-30,32-36H2,1-2H3,(H,43,46)(H,44,47)(H,49,50)/b8-6-,19-12-,31-27-. The van der Waals surface area contributed by atoms with E-state index in [4.69, 9.17) is 14.9 Å². The first-order valence-electron chi connectivity index (χ1n) is 20.4. The van der Waals surface area contributed by atoms with Crippen LogP contribution in [0.15, 0.2) is 36.5 Å². The summed E-state index contributed by atoms with van der Waals surface area (Å²) in [4.78, 5) is 47.3. The molecule has 2 unspecified atom stereocenters. The van der Waals surface area contributed by atoms with E-state index in [1.165, 1.54) is 77.0 Å². The van der Waals surface area contributed by atoms with Gasteiger partial charge in [0.05, 0.1) is 13.2 Å². The number of hydrogen-bond acceptors (Lipinski definition) is 6. The summed E-state index contributed by atoms with van der Waals surface area (Å²) in [6.45, 7) is 3.35. The lowest BCUT2D eigenvalue weighted by Gasteiger charge is -2.15. The van der Waals surface area contributed by atoms with Gasteiger partial charge in [0.2, 0.25) is 11.8 Å². The molecule has 0 spiro atoms. The maximum atomic E-state index is 12.7. The predicted octanol–water partition coefficient (Wildman–Crippen LogP) is 9.43. The zero-order valence-electron chi connectivity index (χ0n) is 32.4. The molecule has 0 aromatic carbocycles. The van der Waals surface area contributed by atoms with E-state index in [-0.39, 0.29) is 24.5 Å². The fraction of sp³-hybridized carbons (Fsp3) is 0.762. The third kappa shape index (κ3) is 33.9. The summed E-state index contributed by atoms with van der Waals surface area (Å²) in [5.74, 6) is -2.36. The molecule has 0 fully saturated rings. The maximum absolute atomic E-state index is 12.7. The molecule has 2 atom stereocenters. The average Bonchev–Trinajstić information content (AvgIpc) is 3.11. The summed E-state index contributed by atoms with van der Waals surface area (Å²) in [5.41, 5.74) is 0. The first-order valence-corrected chi connectivity index (χ1v) is 20.4. The number of aliphatic hydroxyl groups is 1. The molecule has 0 aromatic rings. The number of hydrogen-bond donors (Lipinski definition) is 4. The van der Waals surface area contributed by atoms with Crippen LogP contribution in [0.4, 0.5) is 0 Å². The molecule has 9 heteroatoms. The number of ether oxygens (including phenoxy) is 1. The number of amides is 2. The number of nitrogens with one attached hydrogen (secondary N) is 2. The molecule has 0 rings (SSSR count). The van der Waals surface area contributed by atoms with Crippen molar-refractivity contribution in [3.05, 3.63) is 36.5 Å². The number of carbonyl (C=O) groups excluding carboxylic acids is 3. The van der Waals surface area contributed by atoms with Crippen LogP contribution in [-0.4, -0.2) is 59.3 Å². The highest BCUT2D eigenvalue weighted by Gasteiger charge is 2.18. The van der Waals surface area contributed by atoms with Crippen LogP contribution in [0.25, 0.3) is 0 Å². The number of rotatable bonds is 36. The van der Waals surface area contributed by atoms with Crippen LogP contribution in [0.1, 0.15) is 181 Å². The molecule has 0 heterocycles. The van der Waals surface area contributed by atoms with Gasteiger partial charge < -0.3 is 25.6 Å². The second-order valence-corrected chi connectivity index (χ2v) is 13.7. The quantitative estimate of drug-likeness (QED) is 0.0287. The second kappa shape index (κ2) is 36.8. The summed E-state index contributed by atoms with van der Waals surface area (Å²) in [5, 5.41) is 22.5. The van der Waals surface area contributed by atoms with Gasteiger partial charge in [-0.3, -0.25) is 14.4 Å². The van der Waals surface area contributed by atoms with Gasteiger partial charge in [-0.15, -0.1) is 0 Å². The first-order chi connectivity index (χ1) is 24.8. The number of unbranched alkanes of at least 4 members (excludes halogenated alkanes) is 18.